The van der Waals surface area contributed by atoms with E-state index in [1.807, 2.05) is 24.6 Å². The fourth-order valence-electron chi connectivity index (χ4n) is 2.85. The van der Waals surface area contributed by atoms with Gasteiger partial charge in [-0.2, -0.15) is 0 Å². The smallest absolute Gasteiger partial charge is 0.227 e. The minimum absolute atomic E-state index is 0.0724. The summed E-state index contributed by atoms with van der Waals surface area (Å²) in [6.45, 7) is 1.97. The lowest BCUT2D eigenvalue weighted by Gasteiger charge is -2.32. The Kier molecular flexibility index (Phi) is 5.55. The molecule has 0 spiro atoms. The third-order valence-corrected chi connectivity index (χ3v) is 5.20. The molecular formula is C17H22N4O2S. The van der Waals surface area contributed by atoms with E-state index in [-0.39, 0.29) is 11.8 Å². The molecule has 1 fully saturated rings. The van der Waals surface area contributed by atoms with E-state index >= 15 is 0 Å². The van der Waals surface area contributed by atoms with Crippen LogP contribution in [0.1, 0.15) is 12.1 Å². The van der Waals surface area contributed by atoms with Crippen molar-refractivity contribution in [1.29, 1.82) is 0 Å². The SMILES string of the molecule is CN1CC[C@@H](O)[C@H](C(=O)NCCc2csc(-c3cccnc3)n2)C1. The van der Waals surface area contributed by atoms with E-state index in [1.54, 1.807) is 23.7 Å². The van der Waals surface area contributed by atoms with Gasteiger partial charge in [0, 0.05) is 49.4 Å². The molecule has 3 heterocycles. The monoisotopic (exact) mass is 346 g/mol. The van der Waals surface area contributed by atoms with E-state index < -0.39 is 6.10 Å². The van der Waals surface area contributed by atoms with Gasteiger partial charge >= 0.3 is 0 Å². The summed E-state index contributed by atoms with van der Waals surface area (Å²) < 4.78 is 0. The second-order valence-corrected chi connectivity index (χ2v) is 7.01. The van der Waals surface area contributed by atoms with Crippen molar-refractivity contribution >= 4 is 17.2 Å². The molecule has 2 atom stereocenters. The molecule has 0 bridgehead atoms. The topological polar surface area (TPSA) is 78.4 Å². The minimum Gasteiger partial charge on any atom is -0.392 e. The van der Waals surface area contributed by atoms with Gasteiger partial charge in [0.05, 0.1) is 17.7 Å². The number of carbonyl (C=O) groups excluding carboxylic acids is 1. The highest BCUT2D eigenvalue weighted by atomic mass is 32.1. The molecule has 0 unspecified atom stereocenters. The van der Waals surface area contributed by atoms with Crippen LogP contribution >= 0.6 is 11.3 Å². The van der Waals surface area contributed by atoms with Crippen molar-refractivity contribution in [3.8, 4) is 10.6 Å². The van der Waals surface area contributed by atoms with E-state index in [2.05, 4.69) is 20.2 Å². The summed E-state index contributed by atoms with van der Waals surface area (Å²) in [5.74, 6) is -0.415. The molecule has 1 amide bonds. The first-order valence-electron chi connectivity index (χ1n) is 8.12. The number of hydrogen-bond acceptors (Lipinski definition) is 6. The van der Waals surface area contributed by atoms with Crippen molar-refractivity contribution in [1.82, 2.24) is 20.2 Å². The standard InChI is InChI=1S/C17H22N4O2S/c1-21-8-5-15(22)14(10-21)16(23)19-7-4-13-11-24-17(20-13)12-3-2-6-18-9-12/h2-3,6,9,11,14-15,22H,4-5,7-8,10H2,1H3,(H,19,23)/t14-,15-/m1/s1. The summed E-state index contributed by atoms with van der Waals surface area (Å²) in [6.07, 6.45) is 4.32. The molecule has 0 aromatic carbocycles. The predicted molar refractivity (Wildman–Crippen MR) is 93.7 cm³/mol. The average molecular weight is 346 g/mol. The number of aromatic nitrogens is 2. The number of nitrogens with one attached hydrogen (secondary N) is 1. The molecule has 24 heavy (non-hydrogen) atoms. The van der Waals surface area contributed by atoms with Crippen LogP contribution in [0.4, 0.5) is 0 Å². The number of carbonyl (C=O) groups is 1. The summed E-state index contributed by atoms with van der Waals surface area (Å²) >= 11 is 1.58. The van der Waals surface area contributed by atoms with Gasteiger partial charge in [-0.05, 0) is 25.6 Å². The lowest BCUT2D eigenvalue weighted by Crippen LogP contribution is -2.49. The predicted octanol–water partition coefficient (Wildman–Crippen LogP) is 1.18. The van der Waals surface area contributed by atoms with E-state index in [4.69, 9.17) is 0 Å². The molecule has 7 heteroatoms. The second kappa shape index (κ2) is 7.83. The number of thiazole rings is 1. The fourth-order valence-corrected chi connectivity index (χ4v) is 3.69. The average Bonchev–Trinajstić information content (AvgIpc) is 3.06. The maximum Gasteiger partial charge on any atom is 0.227 e. The van der Waals surface area contributed by atoms with Gasteiger partial charge < -0.3 is 15.3 Å². The van der Waals surface area contributed by atoms with Crippen LogP contribution in [0.2, 0.25) is 0 Å². The van der Waals surface area contributed by atoms with Crippen molar-refractivity contribution in [3.63, 3.8) is 0 Å². The summed E-state index contributed by atoms with van der Waals surface area (Å²) in [7, 11) is 1.97. The zero-order chi connectivity index (χ0) is 16.9. The van der Waals surface area contributed by atoms with Gasteiger partial charge in [-0.25, -0.2) is 4.98 Å². The molecule has 1 saturated heterocycles. The maximum atomic E-state index is 12.2. The molecule has 0 radical (unpaired) electrons. The van der Waals surface area contributed by atoms with Gasteiger partial charge in [0.2, 0.25) is 5.91 Å². The first-order valence-corrected chi connectivity index (χ1v) is 9.00. The molecule has 3 rings (SSSR count). The number of amides is 1. The van der Waals surface area contributed by atoms with Gasteiger partial charge in [-0.15, -0.1) is 11.3 Å². The fraction of sp³-hybridized carbons (Fsp3) is 0.471. The summed E-state index contributed by atoms with van der Waals surface area (Å²) in [5, 5.41) is 15.9. The van der Waals surface area contributed by atoms with Crippen molar-refractivity contribution < 1.29 is 9.90 Å². The van der Waals surface area contributed by atoms with Gasteiger partial charge in [0.15, 0.2) is 0 Å². The van der Waals surface area contributed by atoms with Crippen LogP contribution in [0.5, 0.6) is 0 Å². The number of hydrogen-bond donors (Lipinski definition) is 2. The summed E-state index contributed by atoms with van der Waals surface area (Å²) in [5.41, 5.74) is 1.96. The zero-order valence-electron chi connectivity index (χ0n) is 13.7. The van der Waals surface area contributed by atoms with Gasteiger partial charge in [-0.3, -0.25) is 9.78 Å². The summed E-state index contributed by atoms with van der Waals surface area (Å²) in [4.78, 5) is 23.0. The molecule has 1 aliphatic rings. The highest BCUT2D eigenvalue weighted by Crippen LogP contribution is 2.22. The number of aliphatic hydroxyl groups excluding tert-OH is 1. The molecule has 0 saturated carbocycles. The number of pyridine rings is 1. The van der Waals surface area contributed by atoms with Gasteiger partial charge in [0.1, 0.15) is 5.01 Å². The van der Waals surface area contributed by atoms with E-state index in [0.29, 0.717) is 25.9 Å². The van der Waals surface area contributed by atoms with Crippen LogP contribution in [-0.2, 0) is 11.2 Å². The Morgan fingerprint density at radius 1 is 1.54 bits per heavy atom. The highest BCUT2D eigenvalue weighted by Gasteiger charge is 2.31. The zero-order valence-corrected chi connectivity index (χ0v) is 14.5. The Morgan fingerprint density at radius 3 is 3.21 bits per heavy atom. The molecule has 2 aromatic heterocycles. The number of nitrogens with zero attached hydrogens (tertiary/aromatic N) is 3. The molecule has 128 valence electrons. The minimum atomic E-state index is -0.544. The third kappa shape index (κ3) is 4.17. The van der Waals surface area contributed by atoms with Crippen LogP contribution in [0, 0.1) is 5.92 Å². The normalized spacial score (nSPS) is 21.6. The number of aliphatic hydroxyl groups is 1. The van der Waals surface area contributed by atoms with Crippen molar-refractivity contribution in [2.45, 2.75) is 18.9 Å². The van der Waals surface area contributed by atoms with Crippen LogP contribution in [0.15, 0.2) is 29.9 Å². The Morgan fingerprint density at radius 2 is 2.42 bits per heavy atom. The molecule has 0 aliphatic carbocycles. The third-order valence-electron chi connectivity index (χ3n) is 4.26. The van der Waals surface area contributed by atoms with Crippen molar-refractivity contribution in [3.05, 3.63) is 35.6 Å². The molecule has 1 aliphatic heterocycles. The molecule has 2 aromatic rings. The van der Waals surface area contributed by atoms with Crippen LogP contribution in [0.25, 0.3) is 10.6 Å². The van der Waals surface area contributed by atoms with Crippen LogP contribution in [-0.4, -0.2) is 58.7 Å². The van der Waals surface area contributed by atoms with Crippen LogP contribution in [0.3, 0.4) is 0 Å². The molecular weight excluding hydrogens is 324 g/mol. The Balaban J connectivity index is 1.50. The van der Waals surface area contributed by atoms with E-state index in [0.717, 1.165) is 22.8 Å². The first kappa shape index (κ1) is 17.0. The first-order chi connectivity index (χ1) is 11.6. The van der Waals surface area contributed by atoms with Crippen LogP contribution < -0.4 is 5.32 Å². The van der Waals surface area contributed by atoms with Crippen molar-refractivity contribution in [2.24, 2.45) is 5.92 Å². The Bertz CT molecular complexity index is 676. The van der Waals surface area contributed by atoms with Gasteiger partial charge in [0.25, 0.3) is 0 Å². The Labute approximate surface area is 145 Å². The quantitative estimate of drug-likeness (QED) is 0.850. The van der Waals surface area contributed by atoms with Crippen molar-refractivity contribution in [2.75, 3.05) is 26.7 Å². The second-order valence-electron chi connectivity index (χ2n) is 6.15. The van der Waals surface area contributed by atoms with Gasteiger partial charge in [-0.1, -0.05) is 0 Å². The maximum absolute atomic E-state index is 12.2. The lowest BCUT2D eigenvalue weighted by atomic mass is 9.94. The Hall–Kier alpha value is -1.83. The largest absolute Gasteiger partial charge is 0.392 e. The number of piperidine rings is 1. The lowest BCUT2D eigenvalue weighted by molar-refractivity contribution is -0.131. The highest BCUT2D eigenvalue weighted by molar-refractivity contribution is 7.13. The van der Waals surface area contributed by atoms with E-state index in [9.17, 15) is 9.90 Å². The number of rotatable bonds is 5. The molecule has 6 nitrogen and oxygen atoms in total. The van der Waals surface area contributed by atoms with E-state index in [1.165, 1.54) is 0 Å². The number of likely N-dealkylation sites (tertiary alicyclic amines) is 1. The molecule has 2 N–H and O–H groups in total. The summed E-state index contributed by atoms with van der Waals surface area (Å²) in [6, 6.07) is 3.88.